The van der Waals surface area contributed by atoms with Crippen molar-refractivity contribution in [1.29, 1.82) is 0 Å². The molecule has 0 aliphatic carbocycles. The fraction of sp³-hybridized carbons (Fsp3) is 0.467. The van der Waals surface area contributed by atoms with Crippen molar-refractivity contribution in [2.24, 2.45) is 0 Å². The van der Waals surface area contributed by atoms with E-state index in [1.54, 1.807) is 6.08 Å². The van der Waals surface area contributed by atoms with Gasteiger partial charge in [-0.2, -0.15) is 0 Å². The van der Waals surface area contributed by atoms with Crippen LogP contribution in [-0.2, 0) is 16.0 Å². The van der Waals surface area contributed by atoms with E-state index in [2.05, 4.69) is 24.0 Å². The smallest absolute Gasteiger partial charge is 0.119 e. The molecule has 0 aromatic heterocycles. The van der Waals surface area contributed by atoms with Gasteiger partial charge in [-0.3, -0.25) is 0 Å². The van der Waals surface area contributed by atoms with Gasteiger partial charge in [0.1, 0.15) is 12.4 Å². The Morgan fingerprint density at radius 1 is 1.32 bits per heavy atom. The van der Waals surface area contributed by atoms with Crippen LogP contribution in [-0.4, -0.2) is 39.1 Å². The highest BCUT2D eigenvalue weighted by molar-refractivity contribution is 5.27. The van der Waals surface area contributed by atoms with Crippen LogP contribution in [0, 0.1) is 0 Å². The standard InChI is InChI=1S/C15H21NO3/c1-2-7-18-14-5-3-13(4-6-14)10-16-11-15-12-17-8-9-19-15/h2-6,15-16H,1,7-12H2. The second-order valence-corrected chi connectivity index (χ2v) is 4.44. The van der Waals surface area contributed by atoms with Crippen LogP contribution in [0.4, 0.5) is 0 Å². The first kappa shape index (κ1) is 14.1. The summed E-state index contributed by atoms with van der Waals surface area (Å²) < 4.78 is 16.3. The van der Waals surface area contributed by atoms with Crippen LogP contribution in [0.5, 0.6) is 5.75 Å². The summed E-state index contributed by atoms with van der Waals surface area (Å²) in [7, 11) is 0. The highest BCUT2D eigenvalue weighted by Gasteiger charge is 2.13. The van der Waals surface area contributed by atoms with E-state index in [4.69, 9.17) is 14.2 Å². The van der Waals surface area contributed by atoms with Crippen molar-refractivity contribution in [3.05, 3.63) is 42.5 Å². The van der Waals surface area contributed by atoms with Crippen LogP contribution in [0.1, 0.15) is 5.56 Å². The fourth-order valence-electron chi connectivity index (χ4n) is 1.89. The molecule has 1 fully saturated rings. The van der Waals surface area contributed by atoms with Gasteiger partial charge >= 0.3 is 0 Å². The van der Waals surface area contributed by atoms with Crippen LogP contribution in [0.2, 0.25) is 0 Å². The quantitative estimate of drug-likeness (QED) is 0.761. The van der Waals surface area contributed by atoms with E-state index in [0.717, 1.165) is 18.8 Å². The molecule has 1 aliphatic rings. The average Bonchev–Trinajstić information content (AvgIpc) is 2.47. The van der Waals surface area contributed by atoms with E-state index in [1.165, 1.54) is 5.56 Å². The summed E-state index contributed by atoms with van der Waals surface area (Å²) in [4.78, 5) is 0. The number of ether oxygens (including phenoxy) is 3. The highest BCUT2D eigenvalue weighted by Crippen LogP contribution is 2.12. The summed E-state index contributed by atoms with van der Waals surface area (Å²) in [6.45, 7) is 7.88. The van der Waals surface area contributed by atoms with E-state index >= 15 is 0 Å². The van der Waals surface area contributed by atoms with Gasteiger partial charge < -0.3 is 19.5 Å². The molecule has 0 amide bonds. The number of hydrogen-bond donors (Lipinski definition) is 1. The Hall–Kier alpha value is -1.36. The minimum atomic E-state index is 0.170. The van der Waals surface area contributed by atoms with Gasteiger partial charge in [0, 0.05) is 13.1 Å². The molecule has 1 saturated heterocycles. The highest BCUT2D eigenvalue weighted by atomic mass is 16.6. The maximum absolute atomic E-state index is 5.56. The molecule has 1 unspecified atom stereocenters. The van der Waals surface area contributed by atoms with E-state index in [-0.39, 0.29) is 6.10 Å². The first-order valence-corrected chi connectivity index (χ1v) is 6.61. The summed E-state index contributed by atoms with van der Waals surface area (Å²) in [6.07, 6.45) is 1.91. The zero-order chi connectivity index (χ0) is 13.3. The number of benzene rings is 1. The first-order valence-electron chi connectivity index (χ1n) is 6.61. The second kappa shape index (κ2) is 7.94. The summed E-state index contributed by atoms with van der Waals surface area (Å²) >= 11 is 0. The molecule has 0 spiro atoms. The van der Waals surface area contributed by atoms with Crippen LogP contribution >= 0.6 is 0 Å². The van der Waals surface area contributed by atoms with Crippen molar-refractivity contribution in [1.82, 2.24) is 5.32 Å². The molecule has 1 aromatic carbocycles. The molecule has 19 heavy (non-hydrogen) atoms. The Labute approximate surface area is 114 Å². The third-order valence-corrected chi connectivity index (χ3v) is 2.88. The minimum absolute atomic E-state index is 0.170. The molecular weight excluding hydrogens is 242 g/mol. The van der Waals surface area contributed by atoms with E-state index < -0.39 is 0 Å². The lowest BCUT2D eigenvalue weighted by Gasteiger charge is -2.23. The Bertz CT molecular complexity index is 371. The van der Waals surface area contributed by atoms with Crippen molar-refractivity contribution in [3.8, 4) is 5.75 Å². The van der Waals surface area contributed by atoms with Crippen molar-refractivity contribution in [3.63, 3.8) is 0 Å². The third-order valence-electron chi connectivity index (χ3n) is 2.88. The largest absolute Gasteiger partial charge is 0.490 e. The predicted octanol–water partition coefficient (Wildman–Crippen LogP) is 1.76. The summed E-state index contributed by atoms with van der Waals surface area (Å²) in [6, 6.07) is 8.06. The molecule has 1 N–H and O–H groups in total. The Kier molecular flexibility index (Phi) is 5.88. The van der Waals surface area contributed by atoms with Crippen molar-refractivity contribution in [2.75, 3.05) is 33.0 Å². The van der Waals surface area contributed by atoms with Gasteiger partial charge in [0.2, 0.25) is 0 Å². The van der Waals surface area contributed by atoms with Gasteiger partial charge in [0.15, 0.2) is 0 Å². The lowest BCUT2D eigenvalue weighted by molar-refractivity contribution is -0.0864. The van der Waals surface area contributed by atoms with Gasteiger partial charge in [-0.05, 0) is 17.7 Å². The molecule has 0 radical (unpaired) electrons. The maximum atomic E-state index is 5.56. The predicted molar refractivity (Wildman–Crippen MR) is 74.4 cm³/mol. The summed E-state index contributed by atoms with van der Waals surface area (Å²) in [5, 5.41) is 3.37. The van der Waals surface area contributed by atoms with E-state index in [0.29, 0.717) is 26.4 Å². The van der Waals surface area contributed by atoms with Crippen molar-refractivity contribution >= 4 is 0 Å². The Morgan fingerprint density at radius 2 is 2.16 bits per heavy atom. The molecule has 0 bridgehead atoms. The van der Waals surface area contributed by atoms with Gasteiger partial charge in [-0.1, -0.05) is 24.8 Å². The normalized spacial score (nSPS) is 19.1. The first-order chi connectivity index (χ1) is 9.38. The van der Waals surface area contributed by atoms with Gasteiger partial charge in [0.05, 0.1) is 25.9 Å². The molecule has 1 heterocycles. The second-order valence-electron chi connectivity index (χ2n) is 4.44. The summed E-state index contributed by atoms with van der Waals surface area (Å²) in [5.74, 6) is 0.868. The minimum Gasteiger partial charge on any atom is -0.490 e. The van der Waals surface area contributed by atoms with Crippen LogP contribution in [0.3, 0.4) is 0 Å². The third kappa shape index (κ3) is 5.03. The molecule has 1 atom stereocenters. The zero-order valence-corrected chi connectivity index (χ0v) is 11.1. The van der Waals surface area contributed by atoms with Crippen LogP contribution in [0.15, 0.2) is 36.9 Å². The number of nitrogens with one attached hydrogen (secondary N) is 1. The molecule has 104 valence electrons. The molecular formula is C15H21NO3. The number of rotatable bonds is 7. The van der Waals surface area contributed by atoms with Gasteiger partial charge in [0.25, 0.3) is 0 Å². The lowest BCUT2D eigenvalue weighted by Crippen LogP contribution is -2.37. The summed E-state index contributed by atoms with van der Waals surface area (Å²) in [5.41, 5.74) is 1.22. The fourth-order valence-corrected chi connectivity index (χ4v) is 1.89. The average molecular weight is 263 g/mol. The zero-order valence-electron chi connectivity index (χ0n) is 11.1. The molecule has 2 rings (SSSR count). The Balaban J connectivity index is 1.68. The SMILES string of the molecule is C=CCOc1ccc(CNCC2COCCO2)cc1. The van der Waals surface area contributed by atoms with Crippen molar-refractivity contribution < 1.29 is 14.2 Å². The monoisotopic (exact) mass is 263 g/mol. The van der Waals surface area contributed by atoms with E-state index in [9.17, 15) is 0 Å². The molecule has 1 aliphatic heterocycles. The molecule has 4 nitrogen and oxygen atoms in total. The van der Waals surface area contributed by atoms with Crippen LogP contribution in [0.25, 0.3) is 0 Å². The van der Waals surface area contributed by atoms with Crippen LogP contribution < -0.4 is 10.1 Å². The van der Waals surface area contributed by atoms with E-state index in [1.807, 2.05) is 12.1 Å². The maximum Gasteiger partial charge on any atom is 0.119 e. The molecule has 1 aromatic rings. The van der Waals surface area contributed by atoms with Gasteiger partial charge in [-0.15, -0.1) is 0 Å². The Morgan fingerprint density at radius 3 is 2.84 bits per heavy atom. The molecule has 4 heteroatoms. The van der Waals surface area contributed by atoms with Crippen molar-refractivity contribution in [2.45, 2.75) is 12.6 Å². The lowest BCUT2D eigenvalue weighted by atomic mass is 10.2. The van der Waals surface area contributed by atoms with Gasteiger partial charge in [-0.25, -0.2) is 0 Å². The topological polar surface area (TPSA) is 39.7 Å². The molecule has 0 saturated carbocycles. The number of hydrogen-bond acceptors (Lipinski definition) is 4.